The standard InChI is InChI=1S/C23H30O3/c1-3-5-7-9-18-10-12-19(13-11-18)22-17-20(26-16-8-6-4-2)14-15-21(22)23(24)25/h10-15,17H,3-9,16H2,1-2H3,(H,24,25). The van der Waals surface area contributed by atoms with Gasteiger partial charge in [0.1, 0.15) is 5.75 Å². The Labute approximate surface area is 157 Å². The highest BCUT2D eigenvalue weighted by Gasteiger charge is 2.13. The second-order valence-corrected chi connectivity index (χ2v) is 6.72. The van der Waals surface area contributed by atoms with E-state index < -0.39 is 5.97 Å². The van der Waals surface area contributed by atoms with E-state index >= 15 is 0 Å². The van der Waals surface area contributed by atoms with Crippen LogP contribution in [0.5, 0.6) is 5.75 Å². The topological polar surface area (TPSA) is 46.5 Å². The van der Waals surface area contributed by atoms with E-state index in [2.05, 4.69) is 26.0 Å². The molecule has 2 aromatic carbocycles. The molecule has 26 heavy (non-hydrogen) atoms. The van der Waals surface area contributed by atoms with Gasteiger partial charge in [-0.05, 0) is 54.2 Å². The third-order valence-corrected chi connectivity index (χ3v) is 4.57. The summed E-state index contributed by atoms with van der Waals surface area (Å²) in [5, 5.41) is 9.52. The third kappa shape index (κ3) is 5.91. The fraction of sp³-hybridized carbons (Fsp3) is 0.435. The molecule has 0 saturated heterocycles. The number of hydrogen-bond donors (Lipinski definition) is 1. The lowest BCUT2D eigenvalue weighted by molar-refractivity contribution is 0.0697. The van der Waals surface area contributed by atoms with Crippen LogP contribution in [0.3, 0.4) is 0 Å². The Morgan fingerprint density at radius 1 is 0.923 bits per heavy atom. The third-order valence-electron chi connectivity index (χ3n) is 4.57. The zero-order valence-corrected chi connectivity index (χ0v) is 16.0. The summed E-state index contributed by atoms with van der Waals surface area (Å²) in [5.41, 5.74) is 3.24. The van der Waals surface area contributed by atoms with Crippen molar-refractivity contribution >= 4 is 5.97 Å². The highest BCUT2D eigenvalue weighted by Crippen LogP contribution is 2.29. The number of aryl methyl sites for hydroxylation is 1. The molecule has 2 aromatic rings. The first-order valence-electron chi connectivity index (χ1n) is 9.75. The summed E-state index contributed by atoms with van der Waals surface area (Å²) in [6, 6.07) is 13.5. The quantitative estimate of drug-likeness (QED) is 0.478. The van der Waals surface area contributed by atoms with Crippen molar-refractivity contribution in [2.45, 2.75) is 58.8 Å². The van der Waals surface area contributed by atoms with Gasteiger partial charge in [0.15, 0.2) is 0 Å². The van der Waals surface area contributed by atoms with Gasteiger partial charge in [0, 0.05) is 0 Å². The number of carboxylic acid groups (broad SMARTS) is 1. The molecule has 3 heteroatoms. The van der Waals surface area contributed by atoms with Gasteiger partial charge in [-0.1, -0.05) is 63.8 Å². The summed E-state index contributed by atoms with van der Waals surface area (Å²) in [5.74, 6) is -0.183. The largest absolute Gasteiger partial charge is 0.494 e. The summed E-state index contributed by atoms with van der Waals surface area (Å²) in [6.45, 7) is 5.02. The average molecular weight is 354 g/mol. The van der Waals surface area contributed by atoms with Crippen LogP contribution in [-0.4, -0.2) is 17.7 Å². The van der Waals surface area contributed by atoms with Gasteiger partial charge in [0.25, 0.3) is 0 Å². The smallest absolute Gasteiger partial charge is 0.336 e. The molecule has 1 N–H and O–H groups in total. The van der Waals surface area contributed by atoms with Crippen LogP contribution >= 0.6 is 0 Å². The highest BCUT2D eigenvalue weighted by atomic mass is 16.5. The van der Waals surface area contributed by atoms with Crippen LogP contribution in [0.25, 0.3) is 11.1 Å². The number of carboxylic acids is 1. The number of unbranched alkanes of at least 4 members (excludes halogenated alkanes) is 4. The molecule has 0 aliphatic rings. The van der Waals surface area contributed by atoms with Crippen LogP contribution in [0, 0.1) is 0 Å². The van der Waals surface area contributed by atoms with E-state index in [0.29, 0.717) is 17.7 Å². The van der Waals surface area contributed by atoms with Crippen LogP contribution in [-0.2, 0) is 6.42 Å². The van der Waals surface area contributed by atoms with Gasteiger partial charge in [-0.15, -0.1) is 0 Å². The van der Waals surface area contributed by atoms with E-state index in [1.165, 1.54) is 24.8 Å². The van der Waals surface area contributed by atoms with Crippen molar-refractivity contribution in [2.24, 2.45) is 0 Å². The maximum absolute atomic E-state index is 11.6. The molecule has 0 aromatic heterocycles. The number of hydrogen-bond acceptors (Lipinski definition) is 2. The molecular weight excluding hydrogens is 324 g/mol. The summed E-state index contributed by atoms with van der Waals surface area (Å²) < 4.78 is 5.80. The molecule has 0 radical (unpaired) electrons. The highest BCUT2D eigenvalue weighted by molar-refractivity contribution is 5.96. The van der Waals surface area contributed by atoms with E-state index in [1.54, 1.807) is 12.1 Å². The number of rotatable bonds is 11. The Morgan fingerprint density at radius 3 is 2.27 bits per heavy atom. The molecule has 0 fully saturated rings. The van der Waals surface area contributed by atoms with E-state index in [1.807, 2.05) is 18.2 Å². The number of benzene rings is 2. The molecule has 0 aliphatic carbocycles. The first kappa shape index (κ1) is 20.0. The van der Waals surface area contributed by atoms with E-state index in [9.17, 15) is 9.90 Å². The van der Waals surface area contributed by atoms with Crippen LogP contribution < -0.4 is 4.74 Å². The van der Waals surface area contributed by atoms with Crippen molar-refractivity contribution in [1.29, 1.82) is 0 Å². The van der Waals surface area contributed by atoms with E-state index in [4.69, 9.17) is 4.74 Å². The first-order chi connectivity index (χ1) is 12.7. The minimum absolute atomic E-state index is 0.310. The van der Waals surface area contributed by atoms with Crippen LogP contribution in [0.2, 0.25) is 0 Å². The summed E-state index contributed by atoms with van der Waals surface area (Å²) in [6.07, 6.45) is 8.01. The Morgan fingerprint density at radius 2 is 1.62 bits per heavy atom. The maximum Gasteiger partial charge on any atom is 0.336 e. The molecule has 0 atom stereocenters. The second-order valence-electron chi connectivity index (χ2n) is 6.72. The molecule has 140 valence electrons. The lowest BCUT2D eigenvalue weighted by atomic mass is 9.97. The predicted molar refractivity (Wildman–Crippen MR) is 107 cm³/mol. The monoisotopic (exact) mass is 354 g/mol. The van der Waals surface area contributed by atoms with Gasteiger partial charge < -0.3 is 9.84 Å². The Kier molecular flexibility index (Phi) is 8.20. The average Bonchev–Trinajstić information content (AvgIpc) is 2.66. The second kappa shape index (κ2) is 10.6. The molecule has 0 bridgehead atoms. The fourth-order valence-corrected chi connectivity index (χ4v) is 3.01. The Bertz CT molecular complexity index is 689. The van der Waals surface area contributed by atoms with Gasteiger partial charge in [-0.3, -0.25) is 0 Å². The lowest BCUT2D eigenvalue weighted by Crippen LogP contribution is -2.02. The van der Waals surface area contributed by atoms with Crippen molar-refractivity contribution < 1.29 is 14.6 Å². The molecule has 0 aliphatic heterocycles. The number of carbonyl (C=O) groups is 1. The summed E-state index contributed by atoms with van der Waals surface area (Å²) in [7, 11) is 0. The van der Waals surface area contributed by atoms with Gasteiger partial charge in [0.05, 0.1) is 12.2 Å². The van der Waals surface area contributed by atoms with Gasteiger partial charge >= 0.3 is 5.97 Å². The lowest BCUT2D eigenvalue weighted by Gasteiger charge is -2.11. The zero-order chi connectivity index (χ0) is 18.8. The van der Waals surface area contributed by atoms with Crippen LogP contribution in [0.1, 0.15) is 68.3 Å². The fourth-order valence-electron chi connectivity index (χ4n) is 3.01. The number of ether oxygens (including phenoxy) is 1. The minimum Gasteiger partial charge on any atom is -0.494 e. The molecule has 0 saturated carbocycles. The van der Waals surface area contributed by atoms with Crippen molar-refractivity contribution in [3.8, 4) is 16.9 Å². The predicted octanol–water partition coefficient (Wildman–Crippen LogP) is 6.35. The summed E-state index contributed by atoms with van der Waals surface area (Å²) in [4.78, 5) is 11.6. The molecule has 0 unspecified atom stereocenters. The zero-order valence-electron chi connectivity index (χ0n) is 16.0. The molecular formula is C23H30O3. The van der Waals surface area contributed by atoms with Crippen molar-refractivity contribution in [3.63, 3.8) is 0 Å². The van der Waals surface area contributed by atoms with E-state index in [0.717, 1.165) is 37.0 Å². The Balaban J connectivity index is 2.17. The number of aromatic carboxylic acids is 1. The van der Waals surface area contributed by atoms with Crippen molar-refractivity contribution in [1.82, 2.24) is 0 Å². The molecule has 2 rings (SSSR count). The van der Waals surface area contributed by atoms with Crippen LogP contribution in [0.15, 0.2) is 42.5 Å². The first-order valence-corrected chi connectivity index (χ1v) is 9.75. The van der Waals surface area contributed by atoms with Gasteiger partial charge in [0.2, 0.25) is 0 Å². The van der Waals surface area contributed by atoms with Gasteiger partial charge in [-0.25, -0.2) is 4.79 Å². The summed E-state index contributed by atoms with van der Waals surface area (Å²) >= 11 is 0. The molecule has 0 amide bonds. The molecule has 0 heterocycles. The van der Waals surface area contributed by atoms with Crippen molar-refractivity contribution in [3.05, 3.63) is 53.6 Å². The minimum atomic E-state index is -0.912. The Hall–Kier alpha value is -2.29. The normalized spacial score (nSPS) is 10.7. The molecule has 3 nitrogen and oxygen atoms in total. The van der Waals surface area contributed by atoms with Crippen LogP contribution in [0.4, 0.5) is 0 Å². The maximum atomic E-state index is 11.6. The SMILES string of the molecule is CCCCCOc1ccc(C(=O)O)c(-c2ccc(CCCCC)cc2)c1. The van der Waals surface area contributed by atoms with Gasteiger partial charge in [-0.2, -0.15) is 0 Å². The van der Waals surface area contributed by atoms with E-state index in [-0.39, 0.29) is 0 Å². The molecule has 0 spiro atoms. The van der Waals surface area contributed by atoms with Crippen molar-refractivity contribution in [2.75, 3.05) is 6.61 Å².